The number of hydrogen-bond acceptors (Lipinski definition) is 5. The fourth-order valence-corrected chi connectivity index (χ4v) is 2.39. The summed E-state index contributed by atoms with van der Waals surface area (Å²) in [5, 5.41) is 13.2. The molecule has 1 aliphatic heterocycles. The van der Waals surface area contributed by atoms with Crippen LogP contribution in [0.5, 0.6) is 0 Å². The Kier molecular flexibility index (Phi) is 4.26. The molecule has 0 aliphatic carbocycles. The number of aromatic nitrogens is 2. The van der Waals surface area contributed by atoms with Crippen molar-refractivity contribution in [2.45, 2.75) is 52.0 Å². The van der Waals surface area contributed by atoms with Crippen molar-refractivity contribution in [1.29, 1.82) is 0 Å². The van der Waals surface area contributed by atoms with Crippen LogP contribution in [0.3, 0.4) is 0 Å². The Hall–Kier alpha value is -0.940. The lowest BCUT2D eigenvalue weighted by molar-refractivity contribution is 0.0929. The van der Waals surface area contributed by atoms with Crippen molar-refractivity contribution in [3.63, 3.8) is 0 Å². The predicted molar refractivity (Wildman–Crippen MR) is 72.8 cm³/mol. The van der Waals surface area contributed by atoms with Crippen molar-refractivity contribution in [3.05, 3.63) is 11.7 Å². The van der Waals surface area contributed by atoms with Gasteiger partial charge in [-0.05, 0) is 38.8 Å². The maximum absolute atomic E-state index is 9.17. The molecule has 108 valence electrons. The summed E-state index contributed by atoms with van der Waals surface area (Å²) in [6.07, 6.45) is 2.09. The van der Waals surface area contributed by atoms with E-state index in [1.807, 2.05) is 0 Å². The van der Waals surface area contributed by atoms with E-state index in [-0.39, 0.29) is 11.5 Å². The summed E-state index contributed by atoms with van der Waals surface area (Å²) in [7, 11) is 0. The first-order valence-electron chi connectivity index (χ1n) is 7.11. The quantitative estimate of drug-likeness (QED) is 0.909. The van der Waals surface area contributed by atoms with Gasteiger partial charge in [-0.15, -0.1) is 0 Å². The SMILES string of the molecule is C[C@H](c1nc(C(C)(C)C)no1)N1CCC(CO)CC1. The lowest BCUT2D eigenvalue weighted by Crippen LogP contribution is -2.36. The number of aliphatic hydroxyl groups is 1. The van der Waals surface area contributed by atoms with Crippen molar-refractivity contribution < 1.29 is 9.63 Å². The second kappa shape index (κ2) is 5.59. The normalized spacial score (nSPS) is 20.7. The Morgan fingerprint density at radius 2 is 2.00 bits per heavy atom. The molecular formula is C14H25N3O2. The van der Waals surface area contributed by atoms with Crippen LogP contribution < -0.4 is 0 Å². The summed E-state index contributed by atoms with van der Waals surface area (Å²) in [5.74, 6) is 1.92. The van der Waals surface area contributed by atoms with E-state index in [1.165, 1.54) is 0 Å². The molecule has 1 fully saturated rings. The average Bonchev–Trinajstić information content (AvgIpc) is 2.87. The molecule has 1 aromatic rings. The summed E-state index contributed by atoms with van der Waals surface area (Å²) >= 11 is 0. The molecule has 19 heavy (non-hydrogen) atoms. The minimum absolute atomic E-state index is 0.0780. The zero-order valence-electron chi connectivity index (χ0n) is 12.4. The molecule has 1 saturated heterocycles. The van der Waals surface area contributed by atoms with Crippen LogP contribution in [0.1, 0.15) is 58.3 Å². The number of piperidine rings is 1. The molecule has 0 spiro atoms. The van der Waals surface area contributed by atoms with Crippen LogP contribution in [0.15, 0.2) is 4.52 Å². The van der Waals surface area contributed by atoms with Crippen LogP contribution in [0, 0.1) is 5.92 Å². The molecule has 0 aromatic carbocycles. The topological polar surface area (TPSA) is 62.4 Å². The highest BCUT2D eigenvalue weighted by Gasteiger charge is 2.28. The van der Waals surface area contributed by atoms with Crippen LogP contribution >= 0.6 is 0 Å². The number of nitrogens with zero attached hydrogens (tertiary/aromatic N) is 3. The third-order valence-corrected chi connectivity index (χ3v) is 3.92. The van der Waals surface area contributed by atoms with Gasteiger partial charge in [0.05, 0.1) is 6.04 Å². The van der Waals surface area contributed by atoms with E-state index in [0.29, 0.717) is 18.4 Å². The lowest BCUT2D eigenvalue weighted by atomic mass is 9.96. The van der Waals surface area contributed by atoms with Gasteiger partial charge in [-0.2, -0.15) is 4.98 Å². The predicted octanol–water partition coefficient (Wildman–Crippen LogP) is 2.13. The van der Waals surface area contributed by atoms with E-state index < -0.39 is 0 Å². The molecule has 1 aliphatic rings. The first-order chi connectivity index (χ1) is 8.91. The molecule has 5 nitrogen and oxygen atoms in total. The lowest BCUT2D eigenvalue weighted by Gasteiger charge is -2.33. The van der Waals surface area contributed by atoms with Gasteiger partial charge in [0.25, 0.3) is 0 Å². The van der Waals surface area contributed by atoms with E-state index in [9.17, 15) is 0 Å². The van der Waals surface area contributed by atoms with Gasteiger partial charge in [0.1, 0.15) is 0 Å². The Bertz CT molecular complexity index is 403. The van der Waals surface area contributed by atoms with Gasteiger partial charge in [-0.3, -0.25) is 4.90 Å². The molecule has 2 heterocycles. The van der Waals surface area contributed by atoms with Gasteiger partial charge in [-0.25, -0.2) is 0 Å². The van der Waals surface area contributed by atoms with Gasteiger partial charge < -0.3 is 9.63 Å². The summed E-state index contributed by atoms with van der Waals surface area (Å²) in [6, 6.07) is 0.156. The molecule has 1 N–H and O–H groups in total. The first-order valence-corrected chi connectivity index (χ1v) is 7.11. The molecule has 0 radical (unpaired) electrons. The van der Waals surface area contributed by atoms with Crippen molar-refractivity contribution in [2.75, 3.05) is 19.7 Å². The third kappa shape index (κ3) is 3.34. The van der Waals surface area contributed by atoms with E-state index in [1.54, 1.807) is 0 Å². The monoisotopic (exact) mass is 267 g/mol. The van der Waals surface area contributed by atoms with Gasteiger partial charge in [0.15, 0.2) is 5.82 Å². The molecule has 0 bridgehead atoms. The molecule has 2 rings (SSSR count). The third-order valence-electron chi connectivity index (χ3n) is 3.92. The van der Waals surface area contributed by atoms with Gasteiger partial charge in [0, 0.05) is 12.0 Å². The van der Waals surface area contributed by atoms with Crippen LogP contribution in [-0.2, 0) is 5.41 Å². The van der Waals surface area contributed by atoms with Crippen LogP contribution in [0.25, 0.3) is 0 Å². The molecule has 1 atom stereocenters. The zero-order valence-corrected chi connectivity index (χ0v) is 12.4. The highest BCUT2D eigenvalue weighted by atomic mass is 16.5. The van der Waals surface area contributed by atoms with Gasteiger partial charge >= 0.3 is 0 Å². The zero-order chi connectivity index (χ0) is 14.0. The Balaban J connectivity index is 2.00. The fraction of sp³-hybridized carbons (Fsp3) is 0.857. The summed E-state index contributed by atoms with van der Waals surface area (Å²) in [6.45, 7) is 10.6. The maximum atomic E-state index is 9.17. The van der Waals surface area contributed by atoms with Crippen molar-refractivity contribution >= 4 is 0 Å². The Morgan fingerprint density at radius 3 is 2.47 bits per heavy atom. The standard InChI is InChI=1S/C14H25N3O2/c1-10(17-7-5-11(9-18)6-8-17)12-15-13(16-19-12)14(2,3)4/h10-11,18H,5-9H2,1-4H3/t10-/m1/s1. The maximum Gasteiger partial charge on any atom is 0.243 e. The largest absolute Gasteiger partial charge is 0.396 e. The Labute approximate surface area is 115 Å². The second-order valence-corrected chi connectivity index (χ2v) is 6.54. The van der Waals surface area contributed by atoms with Crippen molar-refractivity contribution in [2.24, 2.45) is 5.92 Å². The van der Waals surface area contributed by atoms with Crippen molar-refractivity contribution in [1.82, 2.24) is 15.0 Å². The first kappa shape index (κ1) is 14.5. The minimum atomic E-state index is -0.0780. The smallest absolute Gasteiger partial charge is 0.243 e. The van der Waals surface area contributed by atoms with E-state index in [0.717, 1.165) is 31.8 Å². The number of aliphatic hydroxyl groups excluding tert-OH is 1. The molecule has 0 amide bonds. The van der Waals surface area contributed by atoms with Crippen molar-refractivity contribution in [3.8, 4) is 0 Å². The van der Waals surface area contributed by atoms with E-state index in [4.69, 9.17) is 9.63 Å². The average molecular weight is 267 g/mol. The Morgan fingerprint density at radius 1 is 1.37 bits per heavy atom. The van der Waals surface area contributed by atoms with Gasteiger partial charge in [-0.1, -0.05) is 25.9 Å². The highest BCUT2D eigenvalue weighted by molar-refractivity contribution is 5.02. The molecule has 0 saturated carbocycles. The van der Waals surface area contributed by atoms with Gasteiger partial charge in [0.2, 0.25) is 5.89 Å². The molecular weight excluding hydrogens is 242 g/mol. The van der Waals surface area contributed by atoms with Crippen LogP contribution in [0.2, 0.25) is 0 Å². The fourth-order valence-electron chi connectivity index (χ4n) is 2.39. The van der Waals surface area contributed by atoms with Crippen LogP contribution in [0.4, 0.5) is 0 Å². The van der Waals surface area contributed by atoms with Crippen LogP contribution in [-0.4, -0.2) is 39.8 Å². The van der Waals surface area contributed by atoms with E-state index in [2.05, 4.69) is 42.7 Å². The molecule has 0 unspecified atom stereocenters. The van der Waals surface area contributed by atoms with E-state index >= 15 is 0 Å². The second-order valence-electron chi connectivity index (χ2n) is 6.54. The summed E-state index contributed by atoms with van der Waals surface area (Å²) in [4.78, 5) is 6.88. The number of likely N-dealkylation sites (tertiary alicyclic amines) is 1. The number of hydrogen-bond donors (Lipinski definition) is 1. The molecule has 1 aromatic heterocycles. The minimum Gasteiger partial charge on any atom is -0.396 e. The summed E-state index contributed by atoms with van der Waals surface area (Å²) < 4.78 is 5.41. The molecule has 5 heteroatoms. The summed E-state index contributed by atoms with van der Waals surface area (Å²) in [5.41, 5.74) is -0.0780. The number of rotatable bonds is 3. The highest BCUT2D eigenvalue weighted by Crippen LogP contribution is 2.27.